The van der Waals surface area contributed by atoms with Crippen LogP contribution in [0.25, 0.3) is 5.83 Å². The Bertz CT molecular complexity index is 623. The highest BCUT2D eigenvalue weighted by atomic mass is 19.2. The highest BCUT2D eigenvalue weighted by molar-refractivity contribution is 5.63. The molecule has 0 bridgehead atoms. The summed E-state index contributed by atoms with van der Waals surface area (Å²) in [5, 5.41) is 0. The lowest BCUT2D eigenvalue weighted by Crippen LogP contribution is -2.16. The van der Waals surface area contributed by atoms with Crippen LogP contribution in [-0.2, 0) is 4.74 Å². The van der Waals surface area contributed by atoms with Crippen LogP contribution in [0.3, 0.4) is 0 Å². The van der Waals surface area contributed by atoms with E-state index in [9.17, 15) is 17.6 Å². The van der Waals surface area contributed by atoms with Crippen LogP contribution in [0.2, 0.25) is 0 Å². The number of hydrogen-bond donors (Lipinski definition) is 0. The third-order valence-corrected chi connectivity index (χ3v) is 3.31. The van der Waals surface area contributed by atoms with E-state index in [0.717, 1.165) is 17.7 Å². The van der Waals surface area contributed by atoms with E-state index in [4.69, 9.17) is 9.47 Å². The summed E-state index contributed by atoms with van der Waals surface area (Å²) in [5.74, 6) is -5.88. The zero-order chi connectivity index (χ0) is 16.3. The molecule has 0 fully saturated rings. The minimum atomic E-state index is -1.49. The van der Waals surface area contributed by atoms with Gasteiger partial charge in [0, 0.05) is 0 Å². The fourth-order valence-corrected chi connectivity index (χ4v) is 2.11. The summed E-state index contributed by atoms with van der Waals surface area (Å²) in [5.41, 5.74) is 0.121. The first-order chi connectivity index (χ1) is 10.5. The molecule has 120 valence electrons. The minimum absolute atomic E-state index is 0.129. The quantitative estimate of drug-likeness (QED) is 0.723. The second kappa shape index (κ2) is 6.85. The largest absolute Gasteiger partial charge is 0.491 e. The molecule has 0 N–H and O–H groups in total. The van der Waals surface area contributed by atoms with Crippen LogP contribution >= 0.6 is 0 Å². The summed E-state index contributed by atoms with van der Waals surface area (Å²) < 4.78 is 65.7. The standard InChI is InChI=1S/C16H16F4O2/c1-3-21-11-7-5-10(13(17)15(11)19)14(18)16(20)12-6-4-9(2)8-22-12/h5,7-8,12H,3-4,6H2,1-2H3/b16-14+. The summed E-state index contributed by atoms with van der Waals surface area (Å²) in [6.07, 6.45) is 1.00. The summed E-state index contributed by atoms with van der Waals surface area (Å²) in [4.78, 5) is 0. The first-order valence-corrected chi connectivity index (χ1v) is 6.93. The van der Waals surface area contributed by atoms with Crippen molar-refractivity contribution in [1.29, 1.82) is 0 Å². The van der Waals surface area contributed by atoms with Gasteiger partial charge in [0.1, 0.15) is 0 Å². The average molecular weight is 316 g/mol. The number of allylic oxidation sites excluding steroid dienone is 1. The van der Waals surface area contributed by atoms with Crippen LogP contribution in [0.5, 0.6) is 5.75 Å². The van der Waals surface area contributed by atoms with Crippen LogP contribution in [0, 0.1) is 11.6 Å². The molecule has 0 saturated carbocycles. The van der Waals surface area contributed by atoms with E-state index in [1.807, 2.05) is 0 Å². The van der Waals surface area contributed by atoms with Gasteiger partial charge in [-0.1, -0.05) is 0 Å². The second-order valence-electron chi connectivity index (χ2n) is 4.96. The maximum absolute atomic E-state index is 14.1. The van der Waals surface area contributed by atoms with Gasteiger partial charge in [-0.3, -0.25) is 0 Å². The van der Waals surface area contributed by atoms with Gasteiger partial charge in [-0.15, -0.1) is 0 Å². The van der Waals surface area contributed by atoms with Gasteiger partial charge in [0.15, 0.2) is 29.3 Å². The molecule has 0 aromatic heterocycles. The lowest BCUT2D eigenvalue weighted by molar-refractivity contribution is 0.128. The molecule has 0 spiro atoms. The Labute approximate surface area is 126 Å². The van der Waals surface area contributed by atoms with Crippen molar-refractivity contribution in [3.05, 3.63) is 47.0 Å². The molecule has 1 aliphatic rings. The van der Waals surface area contributed by atoms with Gasteiger partial charge in [0.2, 0.25) is 5.82 Å². The van der Waals surface area contributed by atoms with E-state index in [0.29, 0.717) is 6.42 Å². The molecule has 1 heterocycles. The third kappa shape index (κ3) is 3.26. The SMILES string of the molecule is CCOc1ccc(/C(F)=C(\F)C2CCC(C)=CO2)c(F)c1F. The topological polar surface area (TPSA) is 18.5 Å². The lowest BCUT2D eigenvalue weighted by Gasteiger charge is -2.20. The van der Waals surface area contributed by atoms with E-state index in [1.54, 1.807) is 13.8 Å². The number of rotatable bonds is 4. The molecular weight excluding hydrogens is 300 g/mol. The molecule has 2 rings (SSSR count). The Morgan fingerprint density at radius 3 is 2.59 bits per heavy atom. The van der Waals surface area contributed by atoms with Crippen molar-refractivity contribution in [3.63, 3.8) is 0 Å². The third-order valence-electron chi connectivity index (χ3n) is 3.31. The lowest BCUT2D eigenvalue weighted by atomic mass is 10.0. The number of hydrogen-bond acceptors (Lipinski definition) is 2. The Kier molecular flexibility index (Phi) is 5.11. The van der Waals surface area contributed by atoms with Gasteiger partial charge >= 0.3 is 0 Å². The Morgan fingerprint density at radius 2 is 2.00 bits per heavy atom. The predicted octanol–water partition coefficient (Wildman–Crippen LogP) is 5.05. The fourth-order valence-electron chi connectivity index (χ4n) is 2.11. The molecule has 0 amide bonds. The zero-order valence-corrected chi connectivity index (χ0v) is 12.3. The van der Waals surface area contributed by atoms with Crippen LogP contribution < -0.4 is 4.74 Å². The first kappa shape index (κ1) is 16.4. The highest BCUT2D eigenvalue weighted by Crippen LogP contribution is 2.33. The van der Waals surface area contributed by atoms with Crippen LogP contribution in [0.1, 0.15) is 32.3 Å². The number of ether oxygens (including phenoxy) is 2. The minimum Gasteiger partial charge on any atom is -0.491 e. The van der Waals surface area contributed by atoms with E-state index < -0.39 is 35.0 Å². The monoisotopic (exact) mass is 316 g/mol. The van der Waals surface area contributed by atoms with Gasteiger partial charge in [-0.25, -0.2) is 13.2 Å². The molecule has 1 atom stereocenters. The summed E-state index contributed by atoms with van der Waals surface area (Å²) in [6, 6.07) is 2.01. The van der Waals surface area contributed by atoms with Crippen molar-refractivity contribution in [2.75, 3.05) is 6.61 Å². The van der Waals surface area contributed by atoms with Crippen molar-refractivity contribution in [2.24, 2.45) is 0 Å². The normalized spacial score (nSPS) is 19.2. The number of benzene rings is 1. The summed E-state index contributed by atoms with van der Waals surface area (Å²) in [7, 11) is 0. The van der Waals surface area contributed by atoms with Crippen LogP contribution in [0.4, 0.5) is 17.6 Å². The van der Waals surface area contributed by atoms with Crippen LogP contribution in [0.15, 0.2) is 29.8 Å². The van der Waals surface area contributed by atoms with Crippen molar-refractivity contribution >= 4 is 5.83 Å². The highest BCUT2D eigenvalue weighted by Gasteiger charge is 2.26. The summed E-state index contributed by atoms with van der Waals surface area (Å²) >= 11 is 0. The molecule has 1 aromatic rings. The summed E-state index contributed by atoms with van der Waals surface area (Å²) in [6.45, 7) is 3.53. The Hall–Kier alpha value is -1.98. The van der Waals surface area contributed by atoms with Crippen molar-refractivity contribution in [2.45, 2.75) is 32.8 Å². The molecule has 6 heteroatoms. The number of halogens is 4. The van der Waals surface area contributed by atoms with Gasteiger partial charge in [0.05, 0.1) is 18.4 Å². The van der Waals surface area contributed by atoms with Gasteiger partial charge in [0.25, 0.3) is 0 Å². The molecule has 0 radical (unpaired) electrons. The second-order valence-corrected chi connectivity index (χ2v) is 4.96. The molecule has 1 aliphatic heterocycles. The molecule has 0 saturated heterocycles. The Balaban J connectivity index is 2.34. The zero-order valence-electron chi connectivity index (χ0n) is 12.3. The van der Waals surface area contributed by atoms with Crippen molar-refractivity contribution < 1.29 is 27.0 Å². The van der Waals surface area contributed by atoms with E-state index >= 15 is 0 Å². The molecular formula is C16H16F4O2. The maximum atomic E-state index is 14.1. The average Bonchev–Trinajstić information content (AvgIpc) is 2.52. The van der Waals surface area contributed by atoms with E-state index in [1.165, 1.54) is 6.26 Å². The molecule has 1 aromatic carbocycles. The first-order valence-electron chi connectivity index (χ1n) is 6.93. The van der Waals surface area contributed by atoms with Crippen molar-refractivity contribution in [1.82, 2.24) is 0 Å². The fraction of sp³-hybridized carbons (Fsp3) is 0.375. The predicted molar refractivity (Wildman–Crippen MR) is 74.5 cm³/mol. The Morgan fingerprint density at radius 1 is 1.27 bits per heavy atom. The van der Waals surface area contributed by atoms with E-state index in [2.05, 4.69) is 0 Å². The van der Waals surface area contributed by atoms with Gasteiger partial charge in [-0.05, 0) is 44.4 Å². The van der Waals surface area contributed by atoms with Gasteiger partial charge < -0.3 is 9.47 Å². The van der Waals surface area contributed by atoms with E-state index in [-0.39, 0.29) is 18.8 Å². The van der Waals surface area contributed by atoms with Crippen LogP contribution in [-0.4, -0.2) is 12.7 Å². The molecule has 22 heavy (non-hydrogen) atoms. The van der Waals surface area contributed by atoms with Gasteiger partial charge in [-0.2, -0.15) is 4.39 Å². The smallest absolute Gasteiger partial charge is 0.201 e. The maximum Gasteiger partial charge on any atom is 0.201 e. The molecule has 0 aliphatic carbocycles. The molecule has 2 nitrogen and oxygen atoms in total. The van der Waals surface area contributed by atoms with Crippen molar-refractivity contribution in [3.8, 4) is 5.75 Å². The molecule has 1 unspecified atom stereocenters.